The average molecular weight is 542 g/mol. The fourth-order valence-electron chi connectivity index (χ4n) is 4.91. The first-order chi connectivity index (χ1) is 19.2. The fourth-order valence-corrected chi connectivity index (χ4v) is 4.91. The Labute approximate surface area is 236 Å². The number of fused-ring (bicyclic) bond motifs is 1. The minimum Gasteiger partial charge on any atom is -0.457 e. The zero-order valence-corrected chi connectivity index (χ0v) is 23.9. The second kappa shape index (κ2) is 12.2. The molecule has 0 unspecified atom stereocenters. The van der Waals surface area contributed by atoms with Gasteiger partial charge >= 0.3 is 0 Å². The van der Waals surface area contributed by atoms with E-state index in [-0.39, 0.29) is 11.2 Å². The molecule has 4 aromatic rings. The van der Waals surface area contributed by atoms with Gasteiger partial charge in [-0.2, -0.15) is 0 Å². The molecule has 1 aliphatic rings. The lowest BCUT2D eigenvalue weighted by molar-refractivity contribution is -0.118. The number of rotatable bonds is 10. The van der Waals surface area contributed by atoms with Crippen molar-refractivity contribution in [2.45, 2.75) is 45.4 Å². The normalized spacial score (nSPS) is 14.4. The molecule has 1 N–H and O–H groups in total. The van der Waals surface area contributed by atoms with Crippen LogP contribution in [-0.4, -0.2) is 58.1 Å². The van der Waals surface area contributed by atoms with E-state index in [1.165, 1.54) is 5.56 Å². The lowest BCUT2D eigenvalue weighted by Gasteiger charge is -2.26. The van der Waals surface area contributed by atoms with Gasteiger partial charge in [0.15, 0.2) is 0 Å². The number of Topliss-reactive ketones (excluding diaryl/α,β-unsaturated/α-hetero) is 1. The number of aromatic nitrogens is 3. The summed E-state index contributed by atoms with van der Waals surface area (Å²) in [7, 11) is 2.00. The van der Waals surface area contributed by atoms with E-state index in [0.717, 1.165) is 67.6 Å². The number of morpholine rings is 1. The molecule has 1 saturated heterocycles. The molecule has 0 spiro atoms. The van der Waals surface area contributed by atoms with E-state index in [0.29, 0.717) is 24.3 Å². The van der Waals surface area contributed by atoms with E-state index in [2.05, 4.69) is 60.2 Å². The lowest BCUT2D eigenvalue weighted by atomic mass is 9.87. The number of nitrogens with one attached hydrogen (secondary N) is 1. The molecule has 0 radical (unpaired) electrons. The Bertz CT molecular complexity index is 1470. The molecule has 0 atom stereocenters. The van der Waals surface area contributed by atoms with Crippen LogP contribution in [-0.2, 0) is 28.4 Å². The number of nitrogens with zero attached hydrogens (tertiary/aromatic N) is 4. The monoisotopic (exact) mass is 541 g/mol. The summed E-state index contributed by atoms with van der Waals surface area (Å²) >= 11 is 0. The molecule has 0 saturated carbocycles. The van der Waals surface area contributed by atoms with Gasteiger partial charge in [0.05, 0.1) is 29.9 Å². The molecule has 1 aliphatic heterocycles. The van der Waals surface area contributed by atoms with Crippen LogP contribution in [0.2, 0.25) is 0 Å². The molecule has 5 rings (SSSR count). The highest BCUT2D eigenvalue weighted by atomic mass is 16.5. The SMILES string of the molecule is Cn1c(Nc2cccc(C(C)(C)C)c2)nc2cc(Oc3ccnc(CC(=O)CCCN4CCOCC4)c3)ccc21. The van der Waals surface area contributed by atoms with Gasteiger partial charge < -0.3 is 19.4 Å². The van der Waals surface area contributed by atoms with E-state index in [4.69, 9.17) is 14.5 Å². The van der Waals surface area contributed by atoms with Gasteiger partial charge in [-0.1, -0.05) is 32.9 Å². The second-order valence-corrected chi connectivity index (χ2v) is 11.5. The van der Waals surface area contributed by atoms with Crippen LogP contribution in [0.5, 0.6) is 11.5 Å². The van der Waals surface area contributed by atoms with Crippen LogP contribution in [0, 0.1) is 0 Å². The van der Waals surface area contributed by atoms with Crippen LogP contribution in [0.1, 0.15) is 44.9 Å². The minimum atomic E-state index is 0.0689. The quantitative estimate of drug-likeness (QED) is 0.263. The molecule has 2 aromatic heterocycles. The summed E-state index contributed by atoms with van der Waals surface area (Å²) in [5.41, 5.74) is 4.89. The maximum Gasteiger partial charge on any atom is 0.208 e. The predicted octanol–water partition coefficient (Wildman–Crippen LogP) is 6.03. The zero-order valence-electron chi connectivity index (χ0n) is 23.9. The molecule has 1 fully saturated rings. The van der Waals surface area contributed by atoms with Crippen LogP contribution >= 0.6 is 0 Å². The van der Waals surface area contributed by atoms with Gasteiger partial charge in [0.2, 0.25) is 5.95 Å². The van der Waals surface area contributed by atoms with Crippen molar-refractivity contribution in [3.8, 4) is 11.5 Å². The van der Waals surface area contributed by atoms with Crippen LogP contribution in [0.15, 0.2) is 60.8 Å². The van der Waals surface area contributed by atoms with Crippen molar-refractivity contribution in [1.29, 1.82) is 0 Å². The first-order valence-electron chi connectivity index (χ1n) is 14.0. The van der Waals surface area contributed by atoms with Gasteiger partial charge in [-0.25, -0.2) is 4.98 Å². The second-order valence-electron chi connectivity index (χ2n) is 11.5. The molecule has 8 heteroatoms. The van der Waals surface area contributed by atoms with Crippen molar-refractivity contribution in [3.63, 3.8) is 0 Å². The first kappa shape index (κ1) is 27.8. The standard InChI is InChI=1S/C32H39N5O3/c1-32(2,3)23-7-5-8-24(19-23)34-31-35-29-22-27(10-11-30(29)36(31)4)40-28-12-13-33-25(21-28)20-26(38)9-6-14-37-15-17-39-18-16-37/h5,7-8,10-13,19,21-22H,6,9,14-18,20H2,1-4H3,(H,34,35). The molecular weight excluding hydrogens is 502 g/mol. The number of carbonyl (C=O) groups is 1. The summed E-state index contributed by atoms with van der Waals surface area (Å²) in [6.07, 6.45) is 3.42. The molecule has 2 aromatic carbocycles. The Hall–Kier alpha value is -3.75. The maximum atomic E-state index is 12.6. The fraction of sp³-hybridized carbons (Fsp3) is 0.406. The molecule has 0 bridgehead atoms. The molecule has 40 heavy (non-hydrogen) atoms. The van der Waals surface area contributed by atoms with Crippen molar-refractivity contribution >= 4 is 28.5 Å². The van der Waals surface area contributed by atoms with E-state index in [1.807, 2.05) is 41.9 Å². The summed E-state index contributed by atoms with van der Waals surface area (Å²) in [5, 5.41) is 3.46. The average Bonchev–Trinajstić information content (AvgIpc) is 3.23. The van der Waals surface area contributed by atoms with Crippen LogP contribution in [0.3, 0.4) is 0 Å². The summed E-state index contributed by atoms with van der Waals surface area (Å²) < 4.78 is 13.6. The Morgan fingerprint density at radius 2 is 1.85 bits per heavy atom. The number of benzene rings is 2. The number of carbonyl (C=O) groups excluding carboxylic acids is 1. The Morgan fingerprint density at radius 3 is 2.65 bits per heavy atom. The summed E-state index contributed by atoms with van der Waals surface area (Å²) in [4.78, 5) is 24.1. The van der Waals surface area contributed by atoms with Gasteiger partial charge in [0.25, 0.3) is 0 Å². The molecule has 3 heterocycles. The van der Waals surface area contributed by atoms with Crippen molar-refractivity contribution in [1.82, 2.24) is 19.4 Å². The number of aryl methyl sites for hydroxylation is 1. The summed E-state index contributed by atoms with van der Waals surface area (Å²) in [5.74, 6) is 2.29. The number of pyridine rings is 1. The van der Waals surface area contributed by atoms with E-state index in [1.54, 1.807) is 6.20 Å². The first-order valence-corrected chi connectivity index (χ1v) is 14.0. The number of hydrogen-bond donors (Lipinski definition) is 1. The number of imidazole rings is 1. The third kappa shape index (κ3) is 7.06. The third-order valence-electron chi connectivity index (χ3n) is 7.27. The summed E-state index contributed by atoms with van der Waals surface area (Å²) in [6.45, 7) is 11.0. The highest BCUT2D eigenvalue weighted by molar-refractivity contribution is 5.81. The van der Waals surface area contributed by atoms with Crippen LogP contribution < -0.4 is 10.1 Å². The highest BCUT2D eigenvalue weighted by Gasteiger charge is 2.16. The smallest absolute Gasteiger partial charge is 0.208 e. The topological polar surface area (TPSA) is 81.5 Å². The van der Waals surface area contributed by atoms with Gasteiger partial charge in [-0.3, -0.25) is 14.7 Å². The summed E-state index contributed by atoms with van der Waals surface area (Å²) in [6, 6.07) is 18.0. The molecule has 0 amide bonds. The maximum absolute atomic E-state index is 12.6. The van der Waals surface area contributed by atoms with Gasteiger partial charge in [-0.05, 0) is 54.3 Å². The third-order valence-corrected chi connectivity index (χ3v) is 7.27. The Kier molecular flexibility index (Phi) is 8.47. The number of anilines is 2. The largest absolute Gasteiger partial charge is 0.457 e. The number of ether oxygens (including phenoxy) is 2. The predicted molar refractivity (Wildman–Crippen MR) is 159 cm³/mol. The molecule has 8 nitrogen and oxygen atoms in total. The van der Waals surface area contributed by atoms with Crippen LogP contribution in [0.25, 0.3) is 11.0 Å². The highest BCUT2D eigenvalue weighted by Crippen LogP contribution is 2.30. The molecular formula is C32H39N5O3. The Balaban J connectivity index is 1.21. The van der Waals surface area contributed by atoms with Crippen molar-refractivity contribution in [3.05, 3.63) is 72.1 Å². The lowest BCUT2D eigenvalue weighted by Crippen LogP contribution is -2.37. The van der Waals surface area contributed by atoms with E-state index in [9.17, 15) is 4.79 Å². The van der Waals surface area contributed by atoms with Gasteiger partial charge in [0, 0.05) is 57.0 Å². The molecule has 0 aliphatic carbocycles. The minimum absolute atomic E-state index is 0.0689. The molecule has 210 valence electrons. The van der Waals surface area contributed by atoms with Gasteiger partial charge in [-0.15, -0.1) is 0 Å². The number of hydrogen-bond acceptors (Lipinski definition) is 7. The number of ketones is 1. The van der Waals surface area contributed by atoms with Crippen molar-refractivity contribution in [2.24, 2.45) is 7.05 Å². The van der Waals surface area contributed by atoms with Gasteiger partial charge in [0.1, 0.15) is 17.3 Å². The van der Waals surface area contributed by atoms with Crippen molar-refractivity contribution in [2.75, 3.05) is 38.2 Å². The Morgan fingerprint density at radius 1 is 1.05 bits per heavy atom. The van der Waals surface area contributed by atoms with Crippen LogP contribution in [0.4, 0.5) is 11.6 Å². The zero-order chi connectivity index (χ0) is 28.1. The van der Waals surface area contributed by atoms with Crippen molar-refractivity contribution < 1.29 is 14.3 Å². The van der Waals surface area contributed by atoms with E-state index < -0.39 is 0 Å². The van der Waals surface area contributed by atoms with E-state index >= 15 is 0 Å².